The Morgan fingerprint density at radius 2 is 1.88 bits per heavy atom. The second kappa shape index (κ2) is 9.49. The van der Waals surface area contributed by atoms with Crippen LogP contribution in [0.2, 0.25) is 5.02 Å². The van der Waals surface area contributed by atoms with Crippen LogP contribution in [0.5, 0.6) is 0 Å². The molecular formula is C24H23ClN2O5S. The third-order valence-electron chi connectivity index (χ3n) is 5.71. The Balaban J connectivity index is 1.56. The molecule has 0 aliphatic carbocycles. The predicted octanol–water partition coefficient (Wildman–Crippen LogP) is 3.75. The van der Waals surface area contributed by atoms with Crippen molar-refractivity contribution in [3.8, 4) is 11.3 Å². The molecule has 1 atom stereocenters. The highest BCUT2D eigenvalue weighted by molar-refractivity contribution is 7.91. The molecule has 7 nitrogen and oxygen atoms in total. The molecule has 1 aliphatic heterocycles. The van der Waals surface area contributed by atoms with Gasteiger partial charge in [-0.1, -0.05) is 41.9 Å². The minimum Gasteiger partial charge on any atom is -0.452 e. The predicted molar refractivity (Wildman–Crippen MR) is 127 cm³/mol. The van der Waals surface area contributed by atoms with Crippen molar-refractivity contribution in [1.82, 2.24) is 9.88 Å². The number of carbonyl (C=O) groups excluding carboxylic acids is 2. The number of esters is 1. The summed E-state index contributed by atoms with van der Waals surface area (Å²) < 4.78 is 29.0. The summed E-state index contributed by atoms with van der Waals surface area (Å²) >= 11 is 5.98. The number of hydrogen-bond acceptors (Lipinski definition) is 6. The zero-order valence-corrected chi connectivity index (χ0v) is 19.6. The lowest BCUT2D eigenvalue weighted by Gasteiger charge is -2.26. The zero-order chi connectivity index (χ0) is 23.6. The van der Waals surface area contributed by atoms with Gasteiger partial charge in [-0.05, 0) is 37.6 Å². The van der Waals surface area contributed by atoms with Crippen LogP contribution in [-0.4, -0.2) is 60.9 Å². The molecule has 0 spiro atoms. The van der Waals surface area contributed by atoms with Crippen molar-refractivity contribution < 1.29 is 22.7 Å². The van der Waals surface area contributed by atoms with E-state index in [1.54, 1.807) is 43.3 Å². The third kappa shape index (κ3) is 5.17. The van der Waals surface area contributed by atoms with Gasteiger partial charge in [0.25, 0.3) is 5.91 Å². The smallest absolute Gasteiger partial charge is 0.339 e. The lowest BCUT2D eigenvalue weighted by atomic mass is 10.0. The fourth-order valence-corrected chi connectivity index (χ4v) is 5.92. The summed E-state index contributed by atoms with van der Waals surface area (Å²) in [5.41, 5.74) is 2.28. The molecule has 33 heavy (non-hydrogen) atoms. The highest BCUT2D eigenvalue weighted by atomic mass is 35.5. The molecule has 2 heterocycles. The van der Waals surface area contributed by atoms with E-state index in [4.69, 9.17) is 16.3 Å². The molecule has 1 fully saturated rings. The van der Waals surface area contributed by atoms with Crippen LogP contribution < -0.4 is 0 Å². The number of halogens is 1. The highest BCUT2D eigenvalue weighted by Gasteiger charge is 2.34. The Kier molecular flexibility index (Phi) is 6.67. The van der Waals surface area contributed by atoms with E-state index in [-0.39, 0.29) is 17.5 Å². The molecule has 1 saturated heterocycles. The van der Waals surface area contributed by atoms with Gasteiger partial charge in [-0.3, -0.25) is 4.79 Å². The fraction of sp³-hybridized carbons (Fsp3) is 0.292. The molecule has 0 bridgehead atoms. The molecule has 9 heteroatoms. The fourth-order valence-electron chi connectivity index (χ4n) is 4.06. The minimum atomic E-state index is -3.13. The van der Waals surface area contributed by atoms with Gasteiger partial charge in [0.2, 0.25) is 0 Å². The van der Waals surface area contributed by atoms with Gasteiger partial charge < -0.3 is 9.64 Å². The number of benzene rings is 2. The van der Waals surface area contributed by atoms with Crippen LogP contribution in [0.3, 0.4) is 0 Å². The number of pyridine rings is 1. The number of para-hydroxylation sites is 1. The summed E-state index contributed by atoms with van der Waals surface area (Å²) in [6, 6.07) is 15.6. The van der Waals surface area contributed by atoms with E-state index in [0.29, 0.717) is 40.1 Å². The number of rotatable bonds is 6. The first-order valence-electron chi connectivity index (χ1n) is 10.6. The van der Waals surface area contributed by atoms with Gasteiger partial charge in [0.1, 0.15) is 0 Å². The number of sulfone groups is 1. The minimum absolute atomic E-state index is 0.0556. The van der Waals surface area contributed by atoms with E-state index in [0.717, 1.165) is 5.56 Å². The molecule has 1 aliphatic rings. The second-order valence-corrected chi connectivity index (χ2v) is 10.6. The van der Waals surface area contributed by atoms with Gasteiger partial charge in [-0.15, -0.1) is 0 Å². The van der Waals surface area contributed by atoms with Gasteiger partial charge in [0, 0.05) is 28.6 Å². The maximum atomic E-state index is 13.0. The molecule has 4 rings (SSSR count). The largest absolute Gasteiger partial charge is 0.452 e. The number of carbonyl (C=O) groups is 2. The Hall–Kier alpha value is -2.97. The van der Waals surface area contributed by atoms with E-state index < -0.39 is 28.3 Å². The van der Waals surface area contributed by atoms with Crippen LogP contribution in [0.15, 0.2) is 54.6 Å². The maximum Gasteiger partial charge on any atom is 0.339 e. The number of likely N-dealkylation sites (N-methyl/N-ethyl adjacent to an activating group) is 1. The number of hydrogen-bond donors (Lipinski definition) is 0. The Labute approximate surface area is 197 Å². The Morgan fingerprint density at radius 1 is 1.15 bits per heavy atom. The Bertz CT molecular complexity index is 1310. The van der Waals surface area contributed by atoms with Gasteiger partial charge in [0.15, 0.2) is 16.4 Å². The lowest BCUT2D eigenvalue weighted by molar-refractivity contribution is -0.136. The number of fused-ring (bicyclic) bond motifs is 1. The first-order chi connectivity index (χ1) is 15.8. The number of aromatic nitrogens is 1. The SMILES string of the molecule is CCN(C(=O)COC(=O)c1cc(-c2ccc(Cl)cc2)nc2ccccc12)C1CCS(=O)(=O)C1. The van der Waals surface area contributed by atoms with E-state index in [2.05, 4.69) is 4.98 Å². The average Bonchev–Trinajstić information content (AvgIpc) is 3.16. The molecule has 0 N–H and O–H groups in total. The molecular weight excluding hydrogens is 464 g/mol. The summed E-state index contributed by atoms with van der Waals surface area (Å²) in [7, 11) is -3.13. The maximum absolute atomic E-state index is 13.0. The van der Waals surface area contributed by atoms with Crippen molar-refractivity contribution >= 4 is 44.2 Å². The summed E-state index contributed by atoms with van der Waals surface area (Å²) in [4.78, 5) is 31.8. The standard InChI is InChI=1S/C24H23ClN2O5S/c1-2-27(18-11-12-33(30,31)15-18)23(28)14-32-24(29)20-13-22(16-7-9-17(25)10-8-16)26-21-6-4-3-5-19(20)21/h3-10,13,18H,2,11-12,14-15H2,1H3. The molecule has 1 unspecified atom stereocenters. The molecule has 1 aromatic heterocycles. The average molecular weight is 487 g/mol. The Morgan fingerprint density at radius 3 is 2.55 bits per heavy atom. The van der Waals surface area contributed by atoms with Gasteiger partial charge in [-0.2, -0.15) is 0 Å². The second-order valence-electron chi connectivity index (χ2n) is 7.89. The van der Waals surface area contributed by atoms with Crippen LogP contribution in [0.4, 0.5) is 0 Å². The van der Waals surface area contributed by atoms with E-state index in [9.17, 15) is 18.0 Å². The van der Waals surface area contributed by atoms with Crippen molar-refractivity contribution in [2.45, 2.75) is 19.4 Å². The highest BCUT2D eigenvalue weighted by Crippen LogP contribution is 2.26. The lowest BCUT2D eigenvalue weighted by Crippen LogP contribution is -2.43. The first-order valence-corrected chi connectivity index (χ1v) is 12.8. The van der Waals surface area contributed by atoms with Crippen molar-refractivity contribution in [3.63, 3.8) is 0 Å². The van der Waals surface area contributed by atoms with Gasteiger partial charge in [0.05, 0.1) is 28.3 Å². The number of nitrogens with zero attached hydrogens (tertiary/aromatic N) is 2. The van der Waals surface area contributed by atoms with Gasteiger partial charge in [-0.25, -0.2) is 18.2 Å². The van der Waals surface area contributed by atoms with Crippen molar-refractivity contribution in [1.29, 1.82) is 0 Å². The molecule has 172 valence electrons. The molecule has 3 aromatic rings. The number of amides is 1. The van der Waals surface area contributed by atoms with Crippen LogP contribution in [0, 0.1) is 0 Å². The monoisotopic (exact) mass is 486 g/mol. The van der Waals surface area contributed by atoms with E-state index >= 15 is 0 Å². The van der Waals surface area contributed by atoms with Crippen LogP contribution >= 0.6 is 11.6 Å². The molecule has 0 saturated carbocycles. The van der Waals surface area contributed by atoms with Crippen molar-refractivity contribution in [3.05, 3.63) is 65.2 Å². The topological polar surface area (TPSA) is 93.6 Å². The van der Waals surface area contributed by atoms with E-state index in [1.165, 1.54) is 4.90 Å². The molecule has 0 radical (unpaired) electrons. The van der Waals surface area contributed by atoms with Crippen molar-refractivity contribution in [2.75, 3.05) is 24.7 Å². The normalized spacial score (nSPS) is 17.1. The van der Waals surface area contributed by atoms with Crippen LogP contribution in [0.1, 0.15) is 23.7 Å². The third-order valence-corrected chi connectivity index (χ3v) is 7.72. The van der Waals surface area contributed by atoms with Crippen LogP contribution in [0.25, 0.3) is 22.2 Å². The summed E-state index contributed by atoms with van der Waals surface area (Å²) in [6.45, 7) is 1.66. The molecule has 1 amide bonds. The van der Waals surface area contributed by atoms with Gasteiger partial charge >= 0.3 is 5.97 Å². The quantitative estimate of drug-likeness (QED) is 0.492. The summed E-state index contributed by atoms with van der Waals surface area (Å²) in [5, 5.41) is 1.20. The molecule has 2 aromatic carbocycles. The summed E-state index contributed by atoms with van der Waals surface area (Å²) in [6.07, 6.45) is 0.398. The summed E-state index contributed by atoms with van der Waals surface area (Å²) in [5.74, 6) is -1.05. The van der Waals surface area contributed by atoms with Crippen molar-refractivity contribution in [2.24, 2.45) is 0 Å². The van der Waals surface area contributed by atoms with E-state index in [1.807, 2.05) is 18.2 Å². The number of ether oxygens (including phenoxy) is 1. The first kappa shape index (κ1) is 23.2. The van der Waals surface area contributed by atoms with Crippen LogP contribution in [-0.2, 0) is 19.4 Å². The zero-order valence-electron chi connectivity index (χ0n) is 18.0.